The van der Waals surface area contributed by atoms with Gasteiger partial charge in [0.1, 0.15) is 0 Å². The van der Waals surface area contributed by atoms with Crippen LogP contribution >= 0.6 is 11.6 Å². The van der Waals surface area contributed by atoms with Crippen molar-refractivity contribution in [2.24, 2.45) is 11.0 Å². The third-order valence-corrected chi connectivity index (χ3v) is 4.67. The number of hydrogen-bond donors (Lipinski definition) is 1. The summed E-state index contributed by atoms with van der Waals surface area (Å²) in [7, 11) is 0. The van der Waals surface area contributed by atoms with Crippen molar-refractivity contribution in [1.29, 1.82) is 0 Å². The Morgan fingerprint density at radius 3 is 2.78 bits per heavy atom. The Morgan fingerprint density at radius 2 is 1.96 bits per heavy atom. The predicted molar refractivity (Wildman–Crippen MR) is 100 cm³/mol. The van der Waals surface area contributed by atoms with E-state index in [1.807, 2.05) is 6.07 Å². The molecule has 8 heteroatoms. The van der Waals surface area contributed by atoms with E-state index in [1.54, 1.807) is 41.3 Å². The minimum absolute atomic E-state index is 0.0998. The maximum Gasteiger partial charge on any atom is 0.245 e. The highest BCUT2D eigenvalue weighted by Crippen LogP contribution is 2.32. The van der Waals surface area contributed by atoms with E-state index < -0.39 is 5.92 Å². The summed E-state index contributed by atoms with van der Waals surface area (Å²) in [6.07, 6.45) is 1.67. The fourth-order valence-corrected chi connectivity index (χ4v) is 3.13. The highest BCUT2D eigenvalue weighted by molar-refractivity contribution is 6.30. The summed E-state index contributed by atoms with van der Waals surface area (Å²) >= 11 is 5.87. The van der Waals surface area contributed by atoms with Gasteiger partial charge >= 0.3 is 0 Å². The van der Waals surface area contributed by atoms with Gasteiger partial charge in [-0.25, -0.2) is 5.43 Å². The molecule has 2 aromatic carbocycles. The molecule has 1 saturated heterocycles. The molecule has 7 nitrogen and oxygen atoms in total. The zero-order valence-corrected chi connectivity index (χ0v) is 15.0. The average Bonchev–Trinajstić information content (AvgIpc) is 3.28. The number of nitrogens with zero attached hydrogens (tertiary/aromatic N) is 2. The van der Waals surface area contributed by atoms with E-state index >= 15 is 0 Å². The van der Waals surface area contributed by atoms with E-state index in [0.717, 1.165) is 11.3 Å². The number of nitrogens with one attached hydrogen (secondary N) is 1. The van der Waals surface area contributed by atoms with Gasteiger partial charge in [-0.3, -0.25) is 9.59 Å². The van der Waals surface area contributed by atoms with E-state index in [1.165, 1.54) is 6.21 Å². The molecule has 0 spiro atoms. The zero-order valence-electron chi connectivity index (χ0n) is 14.2. The van der Waals surface area contributed by atoms with Gasteiger partial charge < -0.3 is 14.4 Å². The number of amides is 2. The lowest BCUT2D eigenvalue weighted by Crippen LogP contribution is -2.30. The van der Waals surface area contributed by atoms with Crippen molar-refractivity contribution in [3.63, 3.8) is 0 Å². The van der Waals surface area contributed by atoms with Crippen LogP contribution in [0.25, 0.3) is 0 Å². The molecule has 0 saturated carbocycles. The van der Waals surface area contributed by atoms with Gasteiger partial charge in [0.15, 0.2) is 11.5 Å². The van der Waals surface area contributed by atoms with Gasteiger partial charge in [-0.2, -0.15) is 5.10 Å². The molecule has 2 amide bonds. The second kappa shape index (κ2) is 7.28. The Hall–Kier alpha value is -3.06. The molecule has 1 N–H and O–H groups in total. The van der Waals surface area contributed by atoms with Crippen LogP contribution in [-0.4, -0.2) is 31.4 Å². The summed E-state index contributed by atoms with van der Waals surface area (Å²) in [6.45, 7) is 0.512. The van der Waals surface area contributed by atoms with Crippen molar-refractivity contribution in [3.05, 3.63) is 53.1 Å². The number of rotatable bonds is 4. The highest BCUT2D eigenvalue weighted by atomic mass is 35.5. The lowest BCUT2D eigenvalue weighted by Gasteiger charge is -2.16. The number of anilines is 1. The fourth-order valence-electron chi connectivity index (χ4n) is 3.01. The number of carbonyl (C=O) groups excluding carboxylic acids is 2. The first-order chi connectivity index (χ1) is 13.1. The normalized spacial score (nSPS) is 18.3. The SMILES string of the molecule is O=C(N/N=C\c1ccc2c(c1)OCO2)[C@@H]1CC(=O)N(c2ccc(Cl)cc2)C1. The molecule has 4 rings (SSSR count). The molecule has 2 aromatic rings. The summed E-state index contributed by atoms with van der Waals surface area (Å²) < 4.78 is 10.5. The van der Waals surface area contributed by atoms with Gasteiger partial charge in [-0.1, -0.05) is 11.6 Å². The molecule has 27 heavy (non-hydrogen) atoms. The van der Waals surface area contributed by atoms with Crippen LogP contribution in [0.1, 0.15) is 12.0 Å². The quantitative estimate of drug-likeness (QED) is 0.648. The lowest BCUT2D eigenvalue weighted by atomic mass is 10.1. The van der Waals surface area contributed by atoms with Crippen LogP contribution in [0.2, 0.25) is 5.02 Å². The fraction of sp³-hybridized carbons (Fsp3) is 0.211. The van der Waals surface area contributed by atoms with Gasteiger partial charge in [-0.05, 0) is 48.0 Å². The van der Waals surface area contributed by atoms with Crippen molar-refractivity contribution in [3.8, 4) is 11.5 Å². The second-order valence-electron chi connectivity index (χ2n) is 6.23. The molecule has 0 aromatic heterocycles. The minimum atomic E-state index is -0.456. The number of halogens is 1. The zero-order chi connectivity index (χ0) is 18.8. The van der Waals surface area contributed by atoms with Crippen LogP contribution in [-0.2, 0) is 9.59 Å². The van der Waals surface area contributed by atoms with Gasteiger partial charge in [0.05, 0.1) is 12.1 Å². The molecule has 2 heterocycles. The summed E-state index contributed by atoms with van der Waals surface area (Å²) in [5, 5.41) is 4.57. The van der Waals surface area contributed by atoms with Crippen LogP contribution in [0.15, 0.2) is 47.6 Å². The van der Waals surface area contributed by atoms with E-state index in [9.17, 15) is 9.59 Å². The lowest BCUT2D eigenvalue weighted by molar-refractivity contribution is -0.126. The second-order valence-corrected chi connectivity index (χ2v) is 6.67. The molecular weight excluding hydrogens is 370 g/mol. The van der Waals surface area contributed by atoms with Crippen LogP contribution in [0.5, 0.6) is 11.5 Å². The molecule has 2 aliphatic heterocycles. The van der Waals surface area contributed by atoms with E-state index in [-0.39, 0.29) is 25.0 Å². The van der Waals surface area contributed by atoms with Gasteiger partial charge in [0, 0.05) is 23.7 Å². The number of hydrazone groups is 1. The Bertz CT molecular complexity index is 914. The van der Waals surface area contributed by atoms with Gasteiger partial charge in [0.25, 0.3) is 0 Å². The Kier molecular flexibility index (Phi) is 4.68. The van der Waals surface area contributed by atoms with Gasteiger partial charge in [0.2, 0.25) is 18.6 Å². The van der Waals surface area contributed by atoms with E-state index in [4.69, 9.17) is 21.1 Å². The van der Waals surface area contributed by atoms with Crippen LogP contribution in [0.3, 0.4) is 0 Å². The van der Waals surface area contributed by atoms with Gasteiger partial charge in [-0.15, -0.1) is 0 Å². The number of fused-ring (bicyclic) bond motifs is 1. The summed E-state index contributed by atoms with van der Waals surface area (Å²) in [5.74, 6) is 0.476. The maximum absolute atomic E-state index is 12.3. The Balaban J connectivity index is 1.36. The Morgan fingerprint density at radius 1 is 1.19 bits per heavy atom. The van der Waals surface area contributed by atoms with E-state index in [0.29, 0.717) is 23.1 Å². The minimum Gasteiger partial charge on any atom is -0.454 e. The third kappa shape index (κ3) is 3.73. The Labute approximate surface area is 160 Å². The molecule has 1 fully saturated rings. The molecular formula is C19H16ClN3O4. The smallest absolute Gasteiger partial charge is 0.245 e. The van der Waals surface area contributed by atoms with Crippen LogP contribution < -0.4 is 19.8 Å². The summed E-state index contributed by atoms with van der Waals surface area (Å²) in [6, 6.07) is 12.3. The first-order valence-corrected chi connectivity index (χ1v) is 8.76. The number of ether oxygens (including phenoxy) is 2. The number of hydrogen-bond acceptors (Lipinski definition) is 5. The maximum atomic E-state index is 12.3. The first-order valence-electron chi connectivity index (χ1n) is 8.38. The first kappa shape index (κ1) is 17.4. The predicted octanol–water partition coefficient (Wildman–Crippen LogP) is 2.57. The van der Waals surface area contributed by atoms with Crippen LogP contribution in [0, 0.1) is 5.92 Å². The molecule has 0 radical (unpaired) electrons. The topological polar surface area (TPSA) is 80.2 Å². The monoisotopic (exact) mass is 385 g/mol. The number of benzene rings is 2. The third-order valence-electron chi connectivity index (χ3n) is 4.42. The van der Waals surface area contributed by atoms with Crippen molar-refractivity contribution in [2.75, 3.05) is 18.2 Å². The molecule has 1 atom stereocenters. The number of carbonyl (C=O) groups is 2. The largest absolute Gasteiger partial charge is 0.454 e. The molecule has 2 aliphatic rings. The van der Waals surface area contributed by atoms with Crippen molar-refractivity contribution in [1.82, 2.24) is 5.43 Å². The van der Waals surface area contributed by atoms with Crippen molar-refractivity contribution < 1.29 is 19.1 Å². The highest BCUT2D eigenvalue weighted by Gasteiger charge is 2.35. The standard InChI is InChI=1S/C19H16ClN3O4/c20-14-2-4-15(5-3-14)23-10-13(8-18(23)24)19(25)22-21-9-12-1-6-16-17(7-12)27-11-26-16/h1-7,9,13H,8,10-11H2,(H,22,25)/b21-9-/t13-/m1/s1. The molecule has 0 aliphatic carbocycles. The molecule has 0 unspecified atom stereocenters. The summed E-state index contributed by atoms with van der Waals surface area (Å²) in [5.41, 5.74) is 3.99. The van der Waals surface area contributed by atoms with E-state index in [2.05, 4.69) is 10.5 Å². The average molecular weight is 386 g/mol. The molecule has 138 valence electrons. The summed E-state index contributed by atoms with van der Waals surface area (Å²) in [4.78, 5) is 26.1. The van der Waals surface area contributed by atoms with Crippen molar-refractivity contribution in [2.45, 2.75) is 6.42 Å². The molecule has 0 bridgehead atoms. The van der Waals surface area contributed by atoms with Crippen LogP contribution in [0.4, 0.5) is 5.69 Å². The van der Waals surface area contributed by atoms with Crippen molar-refractivity contribution >= 4 is 35.3 Å².